The van der Waals surface area contributed by atoms with Gasteiger partial charge in [-0.05, 0) is 61.6 Å². The minimum Gasteiger partial charge on any atom is -0.426 e. The first kappa shape index (κ1) is 17.2. The van der Waals surface area contributed by atoms with Crippen LogP contribution in [-0.2, 0) is 17.8 Å². The van der Waals surface area contributed by atoms with Gasteiger partial charge < -0.3 is 10.1 Å². The Hall–Kier alpha value is -2.20. The van der Waals surface area contributed by atoms with Crippen molar-refractivity contribution < 1.29 is 9.53 Å². The predicted octanol–water partition coefficient (Wildman–Crippen LogP) is 3.34. The molecule has 2 aromatic rings. The van der Waals surface area contributed by atoms with Crippen LogP contribution in [0, 0.1) is 13.8 Å². The van der Waals surface area contributed by atoms with Gasteiger partial charge in [-0.15, -0.1) is 0 Å². The molecule has 122 valence electrons. The van der Waals surface area contributed by atoms with E-state index < -0.39 is 0 Å². The van der Waals surface area contributed by atoms with E-state index in [1.54, 1.807) is 0 Å². The highest BCUT2D eigenvalue weighted by Crippen LogP contribution is 2.25. The lowest BCUT2D eigenvalue weighted by molar-refractivity contribution is -0.131. The van der Waals surface area contributed by atoms with Crippen molar-refractivity contribution >= 4 is 5.97 Å². The molecule has 0 aliphatic rings. The first-order valence-corrected chi connectivity index (χ1v) is 7.86. The monoisotopic (exact) mass is 312 g/mol. The van der Waals surface area contributed by atoms with Gasteiger partial charge in [0.15, 0.2) is 0 Å². The third-order valence-corrected chi connectivity index (χ3v) is 3.71. The number of carbonyl (C=O) groups excluding carboxylic acids is 1. The maximum absolute atomic E-state index is 11.2. The maximum Gasteiger partial charge on any atom is 0.308 e. The van der Waals surface area contributed by atoms with Crippen molar-refractivity contribution in [2.24, 2.45) is 0 Å². The second kappa shape index (κ2) is 7.88. The minimum atomic E-state index is -0.284. The predicted molar refractivity (Wildman–Crippen MR) is 91.5 cm³/mol. The van der Waals surface area contributed by atoms with Gasteiger partial charge in [0.1, 0.15) is 5.75 Å². The quantitative estimate of drug-likeness (QED) is 0.656. The molecule has 1 aromatic carbocycles. The molecule has 0 spiro atoms. The van der Waals surface area contributed by atoms with Gasteiger partial charge in [0.25, 0.3) is 0 Å². The van der Waals surface area contributed by atoms with Gasteiger partial charge in [-0.3, -0.25) is 9.78 Å². The third kappa shape index (κ3) is 5.18. The van der Waals surface area contributed by atoms with E-state index >= 15 is 0 Å². The number of nitrogens with zero attached hydrogens (tertiary/aromatic N) is 1. The smallest absolute Gasteiger partial charge is 0.308 e. The third-order valence-electron chi connectivity index (χ3n) is 3.71. The van der Waals surface area contributed by atoms with E-state index in [4.69, 9.17) is 4.74 Å². The van der Waals surface area contributed by atoms with Gasteiger partial charge in [0.2, 0.25) is 0 Å². The number of ether oxygens (including phenoxy) is 1. The van der Waals surface area contributed by atoms with Crippen LogP contribution in [0.25, 0.3) is 0 Å². The van der Waals surface area contributed by atoms with Crippen molar-refractivity contribution in [2.75, 3.05) is 0 Å². The molecule has 0 aliphatic carbocycles. The van der Waals surface area contributed by atoms with Crippen molar-refractivity contribution in [3.8, 4) is 5.75 Å². The minimum absolute atomic E-state index is 0.284. The van der Waals surface area contributed by atoms with Crippen LogP contribution in [-0.4, -0.2) is 17.0 Å². The van der Waals surface area contributed by atoms with Gasteiger partial charge in [-0.1, -0.05) is 12.1 Å². The number of pyridine rings is 1. The molecule has 0 aliphatic heterocycles. The van der Waals surface area contributed by atoms with Gasteiger partial charge in [0, 0.05) is 31.9 Å². The average Bonchev–Trinajstić information content (AvgIpc) is 2.50. The fourth-order valence-electron chi connectivity index (χ4n) is 2.68. The SMILES string of the molecule is CC(=O)Oc1c(C)cc(CN[C@H](C)Cc2ccncc2)cc1C. The largest absolute Gasteiger partial charge is 0.426 e. The number of aromatic nitrogens is 1. The Morgan fingerprint density at radius 2 is 1.78 bits per heavy atom. The fraction of sp³-hybridized carbons (Fsp3) is 0.368. The zero-order valence-corrected chi connectivity index (χ0v) is 14.2. The Bertz CT molecular complexity index is 645. The van der Waals surface area contributed by atoms with Crippen molar-refractivity contribution in [3.05, 3.63) is 58.9 Å². The van der Waals surface area contributed by atoms with Crippen molar-refractivity contribution in [3.63, 3.8) is 0 Å². The number of rotatable bonds is 6. The molecule has 0 amide bonds. The van der Waals surface area contributed by atoms with Crippen LogP contribution in [0.2, 0.25) is 0 Å². The molecule has 0 fully saturated rings. The van der Waals surface area contributed by atoms with Crippen LogP contribution in [0.1, 0.15) is 36.1 Å². The highest BCUT2D eigenvalue weighted by Gasteiger charge is 2.10. The lowest BCUT2D eigenvalue weighted by Crippen LogP contribution is -2.27. The van der Waals surface area contributed by atoms with E-state index in [0.29, 0.717) is 11.8 Å². The standard InChI is InChI=1S/C19H24N2O2/c1-13-9-18(10-14(2)19(13)23-16(4)22)12-21-15(3)11-17-5-7-20-8-6-17/h5-10,15,21H,11-12H2,1-4H3/t15-/m1/s1. The average molecular weight is 312 g/mol. The molecule has 4 heteroatoms. The molecule has 0 saturated carbocycles. The van der Waals surface area contributed by atoms with Crippen molar-refractivity contribution in [1.82, 2.24) is 10.3 Å². The maximum atomic E-state index is 11.2. The van der Waals surface area contributed by atoms with Crippen LogP contribution in [0.4, 0.5) is 0 Å². The number of hydrogen-bond acceptors (Lipinski definition) is 4. The molecule has 4 nitrogen and oxygen atoms in total. The van der Waals surface area contributed by atoms with Crippen LogP contribution in [0.3, 0.4) is 0 Å². The summed E-state index contributed by atoms with van der Waals surface area (Å²) in [5, 5.41) is 3.53. The normalized spacial score (nSPS) is 12.0. The first-order chi connectivity index (χ1) is 11.0. The summed E-state index contributed by atoms with van der Waals surface area (Å²) in [6, 6.07) is 8.58. The van der Waals surface area contributed by atoms with Crippen LogP contribution in [0.15, 0.2) is 36.7 Å². The van der Waals surface area contributed by atoms with E-state index in [9.17, 15) is 4.79 Å². The lowest BCUT2D eigenvalue weighted by Gasteiger charge is -2.16. The van der Waals surface area contributed by atoms with E-state index in [-0.39, 0.29) is 5.97 Å². The zero-order chi connectivity index (χ0) is 16.8. The summed E-state index contributed by atoms with van der Waals surface area (Å²) in [5.74, 6) is 0.388. The van der Waals surface area contributed by atoms with Crippen LogP contribution in [0.5, 0.6) is 5.75 Å². The zero-order valence-electron chi connectivity index (χ0n) is 14.2. The molecular formula is C19H24N2O2. The van der Waals surface area contributed by atoms with Crippen LogP contribution >= 0.6 is 0 Å². The number of benzene rings is 1. The molecular weight excluding hydrogens is 288 g/mol. The summed E-state index contributed by atoms with van der Waals surface area (Å²) in [4.78, 5) is 15.2. The lowest BCUT2D eigenvalue weighted by atomic mass is 10.0. The second-order valence-electron chi connectivity index (χ2n) is 5.99. The highest BCUT2D eigenvalue weighted by molar-refractivity contribution is 5.70. The Kier molecular flexibility index (Phi) is 5.88. The second-order valence-corrected chi connectivity index (χ2v) is 5.99. The number of aryl methyl sites for hydroxylation is 2. The van der Waals surface area contributed by atoms with Gasteiger partial charge >= 0.3 is 5.97 Å². The van der Waals surface area contributed by atoms with Gasteiger partial charge in [0.05, 0.1) is 0 Å². The molecule has 0 bridgehead atoms. The number of esters is 1. The topological polar surface area (TPSA) is 51.2 Å². The Morgan fingerprint density at radius 1 is 1.17 bits per heavy atom. The molecule has 1 heterocycles. The summed E-state index contributed by atoms with van der Waals surface area (Å²) in [5.41, 5.74) is 4.44. The Labute approximate surface area is 137 Å². The van der Waals surface area contributed by atoms with E-state index in [0.717, 1.165) is 24.1 Å². The van der Waals surface area contributed by atoms with Crippen LogP contribution < -0.4 is 10.1 Å². The molecule has 2 rings (SSSR count). The van der Waals surface area contributed by atoms with Gasteiger partial charge in [-0.25, -0.2) is 0 Å². The van der Waals surface area contributed by atoms with E-state index in [1.807, 2.05) is 38.4 Å². The Morgan fingerprint density at radius 3 is 2.35 bits per heavy atom. The molecule has 0 radical (unpaired) electrons. The summed E-state index contributed by atoms with van der Waals surface area (Å²) in [6.45, 7) is 8.32. The number of carbonyl (C=O) groups is 1. The first-order valence-electron chi connectivity index (χ1n) is 7.86. The molecule has 23 heavy (non-hydrogen) atoms. The summed E-state index contributed by atoms with van der Waals surface area (Å²) >= 11 is 0. The molecule has 0 unspecified atom stereocenters. The summed E-state index contributed by atoms with van der Waals surface area (Å²) in [7, 11) is 0. The van der Waals surface area contributed by atoms with E-state index in [1.165, 1.54) is 18.1 Å². The molecule has 1 aromatic heterocycles. The fourth-order valence-corrected chi connectivity index (χ4v) is 2.68. The van der Waals surface area contributed by atoms with E-state index in [2.05, 4.69) is 29.4 Å². The molecule has 1 atom stereocenters. The van der Waals surface area contributed by atoms with Gasteiger partial charge in [-0.2, -0.15) is 0 Å². The summed E-state index contributed by atoms with van der Waals surface area (Å²) in [6.07, 6.45) is 4.61. The number of nitrogens with one attached hydrogen (secondary N) is 1. The Balaban J connectivity index is 1.96. The summed E-state index contributed by atoms with van der Waals surface area (Å²) < 4.78 is 5.27. The van der Waals surface area contributed by atoms with Crippen molar-refractivity contribution in [2.45, 2.75) is 46.7 Å². The van der Waals surface area contributed by atoms with Crippen molar-refractivity contribution in [1.29, 1.82) is 0 Å². The molecule has 1 N–H and O–H groups in total. The molecule has 0 saturated heterocycles. The number of hydrogen-bond donors (Lipinski definition) is 1. The highest BCUT2D eigenvalue weighted by atomic mass is 16.5.